The average Bonchev–Trinajstić information content (AvgIpc) is 2.18. The molecule has 0 radical (unpaired) electrons. The number of rotatable bonds is 0. The van der Waals surface area contributed by atoms with E-state index in [9.17, 15) is 4.79 Å². The molecule has 0 aliphatic heterocycles. The van der Waals surface area contributed by atoms with Crippen molar-refractivity contribution in [2.75, 3.05) is 5.73 Å². The Morgan fingerprint density at radius 1 is 1.36 bits per heavy atom. The lowest BCUT2D eigenvalue weighted by Gasteiger charge is -2.17. The number of hydrogen-bond donors (Lipinski definition) is 1. The maximum Gasteiger partial charge on any atom is 0.137 e. The number of fused-ring (bicyclic) bond motifs is 1. The van der Waals surface area contributed by atoms with E-state index in [1.807, 2.05) is 12.1 Å². The van der Waals surface area contributed by atoms with E-state index in [0.29, 0.717) is 30.5 Å². The van der Waals surface area contributed by atoms with Crippen LogP contribution >= 0.6 is 0 Å². The van der Waals surface area contributed by atoms with E-state index in [-0.39, 0.29) is 5.78 Å². The van der Waals surface area contributed by atoms with Crippen LogP contribution in [0.25, 0.3) is 0 Å². The molecule has 0 aromatic heterocycles. The third kappa shape index (κ3) is 1.25. The lowest BCUT2D eigenvalue weighted by Crippen LogP contribution is -2.15. The van der Waals surface area contributed by atoms with E-state index < -0.39 is 0 Å². The monoisotopic (exact) mass is 186 g/mol. The first-order valence-corrected chi connectivity index (χ1v) is 4.54. The van der Waals surface area contributed by atoms with Crippen molar-refractivity contribution in [3.8, 4) is 6.07 Å². The van der Waals surface area contributed by atoms with Gasteiger partial charge in [-0.2, -0.15) is 5.26 Å². The summed E-state index contributed by atoms with van der Waals surface area (Å²) in [5.74, 6) is 0.251. The average molecular weight is 186 g/mol. The number of benzene rings is 1. The largest absolute Gasteiger partial charge is 0.397 e. The minimum Gasteiger partial charge on any atom is -0.397 e. The van der Waals surface area contributed by atoms with Crippen molar-refractivity contribution in [1.29, 1.82) is 5.26 Å². The zero-order valence-corrected chi connectivity index (χ0v) is 7.71. The van der Waals surface area contributed by atoms with Crippen LogP contribution in [0.4, 0.5) is 5.69 Å². The molecule has 1 aliphatic carbocycles. The number of ketones is 1. The fraction of sp³-hybridized carbons (Fsp3) is 0.273. The van der Waals surface area contributed by atoms with Crippen LogP contribution in [0.3, 0.4) is 0 Å². The molecule has 3 heteroatoms. The topological polar surface area (TPSA) is 66.9 Å². The molecule has 1 aliphatic rings. The number of anilines is 1. The maximum atomic E-state index is 11.2. The predicted octanol–water partition coefficient (Wildman–Crippen LogP) is 1.20. The molecule has 0 saturated heterocycles. The van der Waals surface area contributed by atoms with Crippen LogP contribution in [-0.2, 0) is 17.6 Å². The van der Waals surface area contributed by atoms with E-state index in [4.69, 9.17) is 11.0 Å². The minimum absolute atomic E-state index is 0.251. The van der Waals surface area contributed by atoms with E-state index in [1.165, 1.54) is 0 Å². The number of carbonyl (C=O) groups is 1. The van der Waals surface area contributed by atoms with Crippen LogP contribution in [0, 0.1) is 11.3 Å². The van der Waals surface area contributed by atoms with Gasteiger partial charge in [0.05, 0.1) is 11.3 Å². The van der Waals surface area contributed by atoms with Crippen LogP contribution in [0.15, 0.2) is 12.1 Å². The molecule has 2 N–H and O–H groups in total. The zero-order valence-electron chi connectivity index (χ0n) is 7.71. The first-order valence-electron chi connectivity index (χ1n) is 4.54. The lowest BCUT2D eigenvalue weighted by atomic mass is 9.88. The van der Waals surface area contributed by atoms with Crippen molar-refractivity contribution in [2.24, 2.45) is 0 Å². The van der Waals surface area contributed by atoms with Gasteiger partial charge in [0.1, 0.15) is 11.9 Å². The highest BCUT2D eigenvalue weighted by molar-refractivity contribution is 5.84. The molecule has 3 nitrogen and oxygen atoms in total. The number of Topliss-reactive ketones (excluding diaryl/α,β-unsaturated/α-hetero) is 1. The first kappa shape index (κ1) is 8.76. The molecule has 0 heterocycles. The van der Waals surface area contributed by atoms with Gasteiger partial charge in [-0.05, 0) is 23.6 Å². The van der Waals surface area contributed by atoms with Crippen LogP contribution in [-0.4, -0.2) is 5.78 Å². The summed E-state index contributed by atoms with van der Waals surface area (Å²) < 4.78 is 0. The number of hydrogen-bond acceptors (Lipinski definition) is 3. The Kier molecular flexibility index (Phi) is 1.97. The summed E-state index contributed by atoms with van der Waals surface area (Å²) in [7, 11) is 0. The lowest BCUT2D eigenvalue weighted by molar-refractivity contribution is -0.118. The Balaban J connectivity index is 2.55. The van der Waals surface area contributed by atoms with Crippen LogP contribution in [0.1, 0.15) is 23.1 Å². The van der Waals surface area contributed by atoms with Gasteiger partial charge < -0.3 is 5.73 Å². The minimum atomic E-state index is 0.251. The predicted molar refractivity (Wildman–Crippen MR) is 52.6 cm³/mol. The molecule has 2 rings (SSSR count). The van der Waals surface area contributed by atoms with Gasteiger partial charge in [-0.15, -0.1) is 0 Å². The van der Waals surface area contributed by atoms with Gasteiger partial charge in [0.15, 0.2) is 0 Å². The number of carbonyl (C=O) groups excluding carboxylic acids is 1. The van der Waals surface area contributed by atoms with Crippen molar-refractivity contribution in [3.63, 3.8) is 0 Å². The highest BCUT2D eigenvalue weighted by Crippen LogP contribution is 2.27. The van der Waals surface area contributed by atoms with Crippen molar-refractivity contribution in [3.05, 3.63) is 28.8 Å². The fourth-order valence-electron chi connectivity index (χ4n) is 1.83. The third-order valence-electron chi connectivity index (χ3n) is 2.62. The molecular formula is C11H10N2O. The SMILES string of the molecule is N#Cc1ccc2c(c1N)CCC(=O)C2. The van der Waals surface area contributed by atoms with Crippen molar-refractivity contribution >= 4 is 11.5 Å². The normalized spacial score (nSPS) is 14.6. The number of nitrogens with zero attached hydrogens (tertiary/aromatic N) is 1. The van der Waals surface area contributed by atoms with E-state index in [1.54, 1.807) is 6.07 Å². The smallest absolute Gasteiger partial charge is 0.137 e. The fourth-order valence-corrected chi connectivity index (χ4v) is 1.83. The van der Waals surface area contributed by atoms with E-state index >= 15 is 0 Å². The molecule has 0 fully saturated rings. The Morgan fingerprint density at radius 2 is 2.14 bits per heavy atom. The summed E-state index contributed by atoms with van der Waals surface area (Å²) in [5, 5.41) is 8.78. The van der Waals surface area contributed by atoms with Gasteiger partial charge in [-0.1, -0.05) is 6.07 Å². The number of nitrogens with two attached hydrogens (primary N) is 1. The molecule has 14 heavy (non-hydrogen) atoms. The summed E-state index contributed by atoms with van der Waals surface area (Å²) in [5.41, 5.74) is 8.87. The first-order chi connectivity index (χ1) is 6.72. The Bertz CT molecular complexity index is 443. The Hall–Kier alpha value is -1.82. The van der Waals surface area contributed by atoms with Gasteiger partial charge in [0.25, 0.3) is 0 Å². The van der Waals surface area contributed by atoms with Crippen LogP contribution in [0.5, 0.6) is 0 Å². The van der Waals surface area contributed by atoms with Gasteiger partial charge in [0, 0.05) is 12.8 Å². The molecule has 0 unspecified atom stereocenters. The number of nitrogen functional groups attached to an aromatic ring is 1. The van der Waals surface area contributed by atoms with Crippen LogP contribution < -0.4 is 5.73 Å². The summed E-state index contributed by atoms with van der Waals surface area (Å²) in [6.45, 7) is 0. The molecule has 1 aromatic carbocycles. The molecule has 1 aromatic rings. The highest BCUT2D eigenvalue weighted by Gasteiger charge is 2.18. The zero-order chi connectivity index (χ0) is 10.1. The second-order valence-electron chi connectivity index (χ2n) is 3.49. The van der Waals surface area contributed by atoms with Crippen molar-refractivity contribution in [1.82, 2.24) is 0 Å². The second kappa shape index (κ2) is 3.15. The Labute approximate surface area is 82.1 Å². The molecule has 0 bridgehead atoms. The van der Waals surface area contributed by atoms with Crippen molar-refractivity contribution in [2.45, 2.75) is 19.3 Å². The molecule has 70 valence electrons. The van der Waals surface area contributed by atoms with E-state index in [0.717, 1.165) is 11.1 Å². The number of nitriles is 1. The molecule has 0 amide bonds. The van der Waals surface area contributed by atoms with Crippen molar-refractivity contribution < 1.29 is 4.79 Å². The Morgan fingerprint density at radius 3 is 2.86 bits per heavy atom. The molecule has 0 saturated carbocycles. The van der Waals surface area contributed by atoms with Gasteiger partial charge in [0.2, 0.25) is 0 Å². The van der Waals surface area contributed by atoms with E-state index in [2.05, 4.69) is 0 Å². The second-order valence-corrected chi connectivity index (χ2v) is 3.49. The summed E-state index contributed by atoms with van der Waals surface area (Å²) in [6.07, 6.45) is 1.69. The van der Waals surface area contributed by atoms with Crippen LogP contribution in [0.2, 0.25) is 0 Å². The maximum absolute atomic E-state index is 11.2. The van der Waals surface area contributed by atoms with Gasteiger partial charge in [-0.25, -0.2) is 0 Å². The summed E-state index contributed by atoms with van der Waals surface area (Å²) in [6, 6.07) is 5.57. The quantitative estimate of drug-likeness (QED) is 0.619. The van der Waals surface area contributed by atoms with Gasteiger partial charge in [-0.3, -0.25) is 4.79 Å². The molecular weight excluding hydrogens is 176 g/mol. The van der Waals surface area contributed by atoms with Gasteiger partial charge >= 0.3 is 0 Å². The summed E-state index contributed by atoms with van der Waals surface area (Å²) >= 11 is 0. The molecule has 0 atom stereocenters. The summed E-state index contributed by atoms with van der Waals surface area (Å²) in [4.78, 5) is 11.2. The third-order valence-corrected chi connectivity index (χ3v) is 2.62. The molecule has 0 spiro atoms. The highest BCUT2D eigenvalue weighted by atomic mass is 16.1. The standard InChI is InChI=1S/C11H10N2O/c12-6-8-2-1-7-5-9(14)3-4-10(7)11(8)13/h1-2H,3-5,13H2.